The van der Waals surface area contributed by atoms with Crippen LogP contribution < -0.4 is 11.3 Å². The van der Waals surface area contributed by atoms with Crippen molar-refractivity contribution in [2.75, 3.05) is 5.73 Å². The first-order valence-electron chi connectivity index (χ1n) is 9.03. The molecule has 4 heteroatoms. The summed E-state index contributed by atoms with van der Waals surface area (Å²) in [5.74, 6) is 0.963. The fourth-order valence-corrected chi connectivity index (χ4v) is 3.69. The number of nitrogens with zero attached hydrogens (tertiary/aromatic N) is 2. The third-order valence-electron chi connectivity index (χ3n) is 5.57. The molecule has 1 fully saturated rings. The van der Waals surface area contributed by atoms with Crippen molar-refractivity contribution in [3.05, 3.63) is 81.8 Å². The van der Waals surface area contributed by atoms with E-state index in [1.165, 1.54) is 26.8 Å². The second-order valence-electron chi connectivity index (χ2n) is 7.21. The highest BCUT2D eigenvalue weighted by molar-refractivity contribution is 5.64. The van der Waals surface area contributed by atoms with E-state index < -0.39 is 0 Å². The molecule has 1 heterocycles. The zero-order chi connectivity index (χ0) is 18.3. The van der Waals surface area contributed by atoms with E-state index in [2.05, 4.69) is 60.4 Å². The minimum absolute atomic E-state index is 0.0899. The predicted octanol–water partition coefficient (Wildman–Crippen LogP) is 4.00. The van der Waals surface area contributed by atoms with Gasteiger partial charge in [-0.25, -0.2) is 4.98 Å². The normalized spacial score (nSPS) is 19.2. The van der Waals surface area contributed by atoms with Crippen LogP contribution in [0, 0.1) is 6.92 Å². The Labute approximate surface area is 153 Å². The van der Waals surface area contributed by atoms with Gasteiger partial charge in [0.15, 0.2) is 0 Å². The van der Waals surface area contributed by atoms with Gasteiger partial charge >= 0.3 is 0 Å². The van der Waals surface area contributed by atoms with Gasteiger partial charge in [-0.3, -0.25) is 9.36 Å². The Morgan fingerprint density at radius 3 is 2.08 bits per heavy atom. The van der Waals surface area contributed by atoms with Gasteiger partial charge in [-0.1, -0.05) is 54.1 Å². The largest absolute Gasteiger partial charge is 0.369 e. The highest BCUT2D eigenvalue weighted by atomic mass is 16.1. The molecular formula is C22H23N3O. The van der Waals surface area contributed by atoms with Crippen molar-refractivity contribution in [3.63, 3.8) is 0 Å². The second kappa shape index (κ2) is 6.45. The molecule has 2 aromatic carbocycles. The van der Waals surface area contributed by atoms with E-state index >= 15 is 0 Å². The van der Waals surface area contributed by atoms with E-state index in [4.69, 9.17) is 5.73 Å². The molecule has 1 saturated carbocycles. The number of benzene rings is 2. The van der Waals surface area contributed by atoms with E-state index in [1.807, 2.05) is 0 Å². The van der Waals surface area contributed by atoms with Crippen LogP contribution in [0.1, 0.15) is 41.5 Å². The van der Waals surface area contributed by atoms with Crippen LogP contribution in [-0.4, -0.2) is 9.55 Å². The molecule has 1 aromatic heterocycles. The topological polar surface area (TPSA) is 60.9 Å². The number of anilines is 1. The number of nitrogens with two attached hydrogens (primary N) is 1. The molecule has 26 heavy (non-hydrogen) atoms. The van der Waals surface area contributed by atoms with Gasteiger partial charge in [0.25, 0.3) is 5.56 Å². The van der Waals surface area contributed by atoms with Crippen LogP contribution in [0.25, 0.3) is 11.1 Å². The maximum atomic E-state index is 12.0. The number of hydrogen-bond acceptors (Lipinski definition) is 3. The van der Waals surface area contributed by atoms with Crippen molar-refractivity contribution in [2.24, 2.45) is 7.05 Å². The smallest absolute Gasteiger partial charge is 0.254 e. The van der Waals surface area contributed by atoms with Gasteiger partial charge in [0, 0.05) is 19.0 Å². The Morgan fingerprint density at radius 1 is 0.962 bits per heavy atom. The van der Waals surface area contributed by atoms with E-state index in [0.717, 1.165) is 18.5 Å². The van der Waals surface area contributed by atoms with E-state index in [-0.39, 0.29) is 17.4 Å². The van der Waals surface area contributed by atoms with Crippen LogP contribution in [0.5, 0.6) is 0 Å². The monoisotopic (exact) mass is 345 g/mol. The van der Waals surface area contributed by atoms with Gasteiger partial charge < -0.3 is 5.73 Å². The first kappa shape index (κ1) is 16.6. The average molecular weight is 345 g/mol. The lowest BCUT2D eigenvalue weighted by atomic mass is 9.68. The number of aryl methyl sites for hydroxylation is 1. The van der Waals surface area contributed by atoms with Crippen LogP contribution in [-0.2, 0) is 7.05 Å². The fourth-order valence-electron chi connectivity index (χ4n) is 3.69. The van der Waals surface area contributed by atoms with Crippen LogP contribution in [0.2, 0.25) is 0 Å². The fraction of sp³-hybridized carbons (Fsp3) is 0.273. The first-order valence-corrected chi connectivity index (χ1v) is 9.03. The summed E-state index contributed by atoms with van der Waals surface area (Å²) in [5.41, 5.74) is 11.6. The summed E-state index contributed by atoms with van der Waals surface area (Å²) in [4.78, 5) is 16.5. The molecule has 2 atom stereocenters. The maximum absolute atomic E-state index is 12.0. The number of aromatic nitrogens is 2. The molecule has 0 spiro atoms. The minimum Gasteiger partial charge on any atom is -0.369 e. The van der Waals surface area contributed by atoms with Crippen molar-refractivity contribution >= 4 is 5.95 Å². The summed E-state index contributed by atoms with van der Waals surface area (Å²) >= 11 is 0. The zero-order valence-electron chi connectivity index (χ0n) is 15.1. The molecule has 0 amide bonds. The van der Waals surface area contributed by atoms with E-state index in [1.54, 1.807) is 13.1 Å². The maximum Gasteiger partial charge on any atom is 0.254 e. The highest BCUT2D eigenvalue weighted by Gasteiger charge is 2.34. The molecule has 4 rings (SSSR count). The lowest BCUT2D eigenvalue weighted by Crippen LogP contribution is -2.28. The first-order chi connectivity index (χ1) is 12.5. The molecule has 1 aliphatic rings. The van der Waals surface area contributed by atoms with Crippen molar-refractivity contribution in [2.45, 2.75) is 31.6 Å². The summed E-state index contributed by atoms with van der Waals surface area (Å²) < 4.78 is 1.38. The standard InChI is InChI=1S/C22H23N3O/c1-14-3-5-15(6-4-14)16-7-9-17(10-8-16)18-11-12-19(18)20-13-21(26)25(2)22(23)24-20/h3-10,13,18-19H,11-12H2,1-2H3,(H2,23,24). The second-order valence-corrected chi connectivity index (χ2v) is 7.21. The molecule has 1 aliphatic carbocycles. The third kappa shape index (κ3) is 2.92. The van der Waals surface area contributed by atoms with Crippen molar-refractivity contribution in [1.82, 2.24) is 9.55 Å². The predicted molar refractivity (Wildman–Crippen MR) is 105 cm³/mol. The molecular weight excluding hydrogens is 322 g/mol. The van der Waals surface area contributed by atoms with Crippen molar-refractivity contribution in [3.8, 4) is 11.1 Å². The molecule has 4 nitrogen and oxygen atoms in total. The third-order valence-corrected chi connectivity index (χ3v) is 5.57. The van der Waals surface area contributed by atoms with Gasteiger partial charge in [-0.2, -0.15) is 0 Å². The molecule has 2 N–H and O–H groups in total. The lowest BCUT2D eigenvalue weighted by Gasteiger charge is -2.36. The summed E-state index contributed by atoms with van der Waals surface area (Å²) in [5, 5.41) is 0. The SMILES string of the molecule is Cc1ccc(-c2ccc(C3CCC3c3cc(=O)n(C)c(N)n3)cc2)cc1. The highest BCUT2D eigenvalue weighted by Crippen LogP contribution is 2.48. The Hall–Kier alpha value is -2.88. The van der Waals surface area contributed by atoms with Gasteiger partial charge in [0.1, 0.15) is 0 Å². The van der Waals surface area contributed by atoms with Crippen LogP contribution >= 0.6 is 0 Å². The summed E-state index contributed by atoms with van der Waals surface area (Å²) in [6, 6.07) is 19.0. The van der Waals surface area contributed by atoms with Crippen LogP contribution in [0.15, 0.2) is 59.4 Å². The summed E-state index contributed by atoms with van der Waals surface area (Å²) in [6.07, 6.45) is 2.16. The molecule has 0 bridgehead atoms. The van der Waals surface area contributed by atoms with Crippen molar-refractivity contribution in [1.29, 1.82) is 0 Å². The number of rotatable bonds is 3. The zero-order valence-corrected chi connectivity index (χ0v) is 15.1. The summed E-state index contributed by atoms with van der Waals surface area (Å²) in [7, 11) is 1.65. The molecule has 2 unspecified atom stereocenters. The lowest BCUT2D eigenvalue weighted by molar-refractivity contribution is 0.339. The average Bonchev–Trinajstić information content (AvgIpc) is 2.60. The van der Waals surface area contributed by atoms with Gasteiger partial charge in [0.2, 0.25) is 5.95 Å². The van der Waals surface area contributed by atoms with E-state index in [0.29, 0.717) is 5.92 Å². The van der Waals surface area contributed by atoms with Gasteiger partial charge in [-0.15, -0.1) is 0 Å². The molecule has 132 valence electrons. The van der Waals surface area contributed by atoms with Gasteiger partial charge in [0.05, 0.1) is 5.69 Å². The van der Waals surface area contributed by atoms with Crippen LogP contribution in [0.3, 0.4) is 0 Å². The molecule has 0 aliphatic heterocycles. The summed E-state index contributed by atoms with van der Waals surface area (Å²) in [6.45, 7) is 2.10. The molecule has 3 aromatic rings. The quantitative estimate of drug-likeness (QED) is 0.780. The van der Waals surface area contributed by atoms with E-state index in [9.17, 15) is 4.79 Å². The molecule has 0 saturated heterocycles. The Morgan fingerprint density at radius 2 is 1.54 bits per heavy atom. The Bertz CT molecular complexity index is 987. The number of hydrogen-bond donors (Lipinski definition) is 1. The Balaban J connectivity index is 1.58. The molecule has 0 radical (unpaired) electrons. The Kier molecular flexibility index (Phi) is 4.11. The minimum atomic E-state index is -0.0899. The van der Waals surface area contributed by atoms with Gasteiger partial charge in [-0.05, 0) is 42.4 Å². The van der Waals surface area contributed by atoms with Crippen LogP contribution in [0.4, 0.5) is 5.95 Å². The van der Waals surface area contributed by atoms with Crippen molar-refractivity contribution < 1.29 is 0 Å². The number of nitrogen functional groups attached to an aromatic ring is 1.